The molecule has 0 radical (unpaired) electrons. The summed E-state index contributed by atoms with van der Waals surface area (Å²) in [4.78, 5) is 14.0. The minimum atomic E-state index is 0.0172. The Morgan fingerprint density at radius 3 is 2.41 bits per heavy atom. The van der Waals surface area contributed by atoms with Crippen LogP contribution in [-0.4, -0.2) is 23.9 Å². The van der Waals surface area contributed by atoms with Gasteiger partial charge in [-0.3, -0.25) is 4.79 Å². The molecule has 0 saturated carbocycles. The van der Waals surface area contributed by atoms with E-state index in [0.717, 1.165) is 4.47 Å². The predicted molar refractivity (Wildman–Crippen MR) is 75.5 cm³/mol. The Labute approximate surface area is 116 Å². The van der Waals surface area contributed by atoms with Gasteiger partial charge in [-0.05, 0) is 47.0 Å². The number of carbonyl (C=O) groups excluding carboxylic acids is 1. The monoisotopic (exact) mass is 317 g/mol. The van der Waals surface area contributed by atoms with Crippen molar-refractivity contribution in [3.05, 3.63) is 33.3 Å². The molecule has 1 aromatic rings. The van der Waals surface area contributed by atoms with Crippen molar-refractivity contribution in [1.29, 1.82) is 0 Å². The molecule has 0 aliphatic rings. The molecule has 1 atom stereocenters. The zero-order valence-corrected chi connectivity index (χ0v) is 12.8. The van der Waals surface area contributed by atoms with Gasteiger partial charge >= 0.3 is 0 Å². The first-order valence-corrected chi connectivity index (χ1v) is 6.74. The summed E-state index contributed by atoms with van der Waals surface area (Å²) in [6.07, 6.45) is 0. The third kappa shape index (κ3) is 3.46. The molecule has 0 fully saturated rings. The number of hydrogen-bond acceptors (Lipinski definition) is 1. The van der Waals surface area contributed by atoms with E-state index in [1.807, 2.05) is 14.0 Å². The van der Waals surface area contributed by atoms with Crippen LogP contribution in [0.25, 0.3) is 0 Å². The van der Waals surface area contributed by atoms with Crippen LogP contribution >= 0.6 is 27.5 Å². The molecule has 1 amide bonds. The molecule has 0 heterocycles. The maximum atomic E-state index is 12.2. The first-order chi connectivity index (χ1) is 7.84. The van der Waals surface area contributed by atoms with Crippen LogP contribution in [-0.2, 0) is 0 Å². The number of rotatable bonds is 3. The highest BCUT2D eigenvalue weighted by atomic mass is 79.9. The summed E-state index contributed by atoms with van der Waals surface area (Å²) in [5.41, 5.74) is 0.649. The van der Waals surface area contributed by atoms with E-state index in [0.29, 0.717) is 16.5 Å². The van der Waals surface area contributed by atoms with E-state index < -0.39 is 0 Å². The maximum Gasteiger partial charge on any atom is 0.253 e. The molecule has 0 bridgehead atoms. The van der Waals surface area contributed by atoms with Gasteiger partial charge in [0.05, 0.1) is 5.02 Å². The van der Waals surface area contributed by atoms with Gasteiger partial charge in [0.15, 0.2) is 0 Å². The molecule has 0 aliphatic heterocycles. The van der Waals surface area contributed by atoms with Gasteiger partial charge in [0, 0.05) is 23.1 Å². The second kappa shape index (κ2) is 5.87. The Balaban J connectivity index is 2.92. The SMILES string of the molecule is CC(C)C(C)N(C)C(=O)c1ccc(Cl)c(Br)c1. The molecular formula is C13H17BrClNO. The summed E-state index contributed by atoms with van der Waals surface area (Å²) in [5.74, 6) is 0.447. The molecule has 94 valence electrons. The first-order valence-electron chi connectivity index (χ1n) is 5.56. The molecular weight excluding hydrogens is 302 g/mol. The van der Waals surface area contributed by atoms with Crippen molar-refractivity contribution in [2.45, 2.75) is 26.8 Å². The van der Waals surface area contributed by atoms with Crippen LogP contribution in [0.1, 0.15) is 31.1 Å². The lowest BCUT2D eigenvalue weighted by atomic mass is 10.0. The average Bonchev–Trinajstić information content (AvgIpc) is 2.29. The van der Waals surface area contributed by atoms with Crippen LogP contribution in [0.4, 0.5) is 0 Å². The molecule has 2 nitrogen and oxygen atoms in total. The van der Waals surface area contributed by atoms with Gasteiger partial charge in [-0.2, -0.15) is 0 Å². The summed E-state index contributed by atoms with van der Waals surface area (Å²) >= 11 is 9.23. The highest BCUT2D eigenvalue weighted by Crippen LogP contribution is 2.24. The van der Waals surface area contributed by atoms with Crippen LogP contribution in [0.5, 0.6) is 0 Å². The summed E-state index contributed by atoms with van der Waals surface area (Å²) in [6.45, 7) is 6.26. The smallest absolute Gasteiger partial charge is 0.253 e. The zero-order chi connectivity index (χ0) is 13.2. The van der Waals surface area contributed by atoms with Gasteiger partial charge < -0.3 is 4.90 Å². The van der Waals surface area contributed by atoms with Crippen molar-refractivity contribution in [2.24, 2.45) is 5.92 Å². The van der Waals surface area contributed by atoms with Gasteiger partial charge in [-0.15, -0.1) is 0 Å². The minimum Gasteiger partial charge on any atom is -0.339 e. The lowest BCUT2D eigenvalue weighted by Gasteiger charge is -2.28. The first kappa shape index (κ1) is 14.5. The van der Waals surface area contributed by atoms with E-state index in [2.05, 4.69) is 29.8 Å². The number of hydrogen-bond donors (Lipinski definition) is 0. The van der Waals surface area contributed by atoms with Crippen LogP contribution in [0, 0.1) is 5.92 Å². The quantitative estimate of drug-likeness (QED) is 0.817. The van der Waals surface area contributed by atoms with Crippen molar-refractivity contribution in [2.75, 3.05) is 7.05 Å². The highest BCUT2D eigenvalue weighted by Gasteiger charge is 2.20. The van der Waals surface area contributed by atoms with E-state index in [4.69, 9.17) is 11.6 Å². The van der Waals surface area contributed by atoms with Crippen LogP contribution in [0.2, 0.25) is 5.02 Å². The fourth-order valence-electron chi connectivity index (χ4n) is 1.46. The number of benzene rings is 1. The van der Waals surface area contributed by atoms with E-state index >= 15 is 0 Å². The van der Waals surface area contributed by atoms with E-state index in [-0.39, 0.29) is 11.9 Å². The summed E-state index contributed by atoms with van der Waals surface area (Å²) in [7, 11) is 1.83. The van der Waals surface area contributed by atoms with Crippen LogP contribution < -0.4 is 0 Å². The Bertz CT molecular complexity index is 420. The Morgan fingerprint density at radius 1 is 1.35 bits per heavy atom. The standard InChI is InChI=1S/C13H17BrClNO/c1-8(2)9(3)16(4)13(17)10-5-6-12(15)11(14)7-10/h5-9H,1-4H3. The zero-order valence-electron chi connectivity index (χ0n) is 10.5. The van der Waals surface area contributed by atoms with Crippen molar-refractivity contribution in [1.82, 2.24) is 4.90 Å². The van der Waals surface area contributed by atoms with E-state index in [9.17, 15) is 4.79 Å². The van der Waals surface area contributed by atoms with E-state index in [1.54, 1.807) is 23.1 Å². The lowest BCUT2D eigenvalue weighted by molar-refractivity contribution is 0.0707. The molecule has 1 rings (SSSR count). The third-order valence-corrected chi connectivity index (χ3v) is 4.28. The lowest BCUT2D eigenvalue weighted by Crippen LogP contribution is -2.38. The van der Waals surface area contributed by atoms with Gasteiger partial charge in [0.25, 0.3) is 5.91 Å². The van der Waals surface area contributed by atoms with Crippen LogP contribution in [0.15, 0.2) is 22.7 Å². The molecule has 1 unspecified atom stereocenters. The number of amides is 1. The number of nitrogens with zero attached hydrogens (tertiary/aromatic N) is 1. The second-order valence-electron chi connectivity index (χ2n) is 4.53. The normalized spacial score (nSPS) is 12.6. The highest BCUT2D eigenvalue weighted by molar-refractivity contribution is 9.10. The number of halogens is 2. The molecule has 4 heteroatoms. The minimum absolute atomic E-state index is 0.0172. The summed E-state index contributed by atoms with van der Waals surface area (Å²) in [5, 5.41) is 0.612. The third-order valence-electron chi connectivity index (χ3n) is 3.06. The molecule has 0 spiro atoms. The molecule has 0 aliphatic carbocycles. The summed E-state index contributed by atoms with van der Waals surface area (Å²) in [6, 6.07) is 5.44. The molecule has 1 aromatic carbocycles. The Kier molecular flexibility index (Phi) is 5.02. The predicted octanol–water partition coefficient (Wildman–Crippen LogP) is 4.22. The maximum absolute atomic E-state index is 12.2. The largest absolute Gasteiger partial charge is 0.339 e. The topological polar surface area (TPSA) is 20.3 Å². The van der Waals surface area contributed by atoms with E-state index in [1.165, 1.54) is 0 Å². The van der Waals surface area contributed by atoms with Crippen LogP contribution in [0.3, 0.4) is 0 Å². The molecule has 0 N–H and O–H groups in total. The van der Waals surface area contributed by atoms with Gasteiger partial charge in [-0.25, -0.2) is 0 Å². The van der Waals surface area contributed by atoms with Gasteiger partial charge in [-0.1, -0.05) is 25.4 Å². The Morgan fingerprint density at radius 2 is 1.94 bits per heavy atom. The van der Waals surface area contributed by atoms with Crippen molar-refractivity contribution in [3.8, 4) is 0 Å². The molecule has 0 aromatic heterocycles. The summed E-state index contributed by atoms with van der Waals surface area (Å²) < 4.78 is 0.746. The Hall–Kier alpha value is -0.540. The molecule has 0 saturated heterocycles. The van der Waals surface area contributed by atoms with Gasteiger partial charge in [0.2, 0.25) is 0 Å². The van der Waals surface area contributed by atoms with Crippen molar-refractivity contribution < 1.29 is 4.79 Å². The van der Waals surface area contributed by atoms with Gasteiger partial charge in [0.1, 0.15) is 0 Å². The van der Waals surface area contributed by atoms with Crippen molar-refractivity contribution in [3.63, 3.8) is 0 Å². The van der Waals surface area contributed by atoms with Crippen molar-refractivity contribution >= 4 is 33.4 Å². The fourth-order valence-corrected chi connectivity index (χ4v) is 1.96. The second-order valence-corrected chi connectivity index (χ2v) is 5.79. The average molecular weight is 319 g/mol. The fraction of sp³-hybridized carbons (Fsp3) is 0.462. The number of carbonyl (C=O) groups is 1. The molecule has 17 heavy (non-hydrogen) atoms.